The smallest absolute Gasteiger partial charge is 0.247 e. The summed E-state index contributed by atoms with van der Waals surface area (Å²) in [5.41, 5.74) is 4.85. The zero-order valence-electron chi connectivity index (χ0n) is 26.8. The Kier molecular flexibility index (Phi) is 9.27. The maximum atomic E-state index is 12.4. The highest BCUT2D eigenvalue weighted by molar-refractivity contribution is 6.32. The monoisotopic (exact) mass is 667 g/mol. The van der Waals surface area contributed by atoms with Crippen molar-refractivity contribution in [2.45, 2.75) is 0 Å². The largest absolute Gasteiger partial charge is 0.494 e. The molecule has 3 N–H and O–H groups in total. The molecular weight excluding hydrogens is 634 g/mol. The van der Waals surface area contributed by atoms with E-state index in [-0.39, 0.29) is 5.91 Å². The van der Waals surface area contributed by atoms with Crippen LogP contribution in [0.3, 0.4) is 0 Å². The van der Waals surface area contributed by atoms with Gasteiger partial charge in [0.15, 0.2) is 11.5 Å². The van der Waals surface area contributed by atoms with Gasteiger partial charge in [0.05, 0.1) is 41.1 Å². The van der Waals surface area contributed by atoms with Crippen LogP contribution in [0.25, 0.3) is 11.2 Å². The van der Waals surface area contributed by atoms with Crippen LogP contribution in [0.2, 0.25) is 5.02 Å². The van der Waals surface area contributed by atoms with Gasteiger partial charge in [-0.15, -0.1) is 0 Å². The molecule has 6 aromatic rings. The molecule has 0 aliphatic carbocycles. The third-order valence-electron chi connectivity index (χ3n) is 7.41. The predicted molar refractivity (Wildman–Crippen MR) is 188 cm³/mol. The summed E-state index contributed by atoms with van der Waals surface area (Å²) in [6.45, 7) is 5.16. The summed E-state index contributed by atoms with van der Waals surface area (Å²) in [5, 5.41) is 18.5. The van der Waals surface area contributed by atoms with Crippen molar-refractivity contribution in [1.82, 2.24) is 34.1 Å². The molecule has 0 saturated heterocycles. The summed E-state index contributed by atoms with van der Waals surface area (Å²) in [4.78, 5) is 25.2. The molecule has 0 aliphatic rings. The standard InChI is InChI=1S/C33H34ClN11O3/c1-6-32(46)41-25-16-26(30(47-5)17-27(25)43(4)12-11-42(2)3)39-22-14-28-33(36-20-38-45(28)18-22)40-21-7-8-29(24(34)13-21)48-23-9-10-44-31(15-23)35-19-37-44/h6-10,13-20,39H,1,11-12H2,2-5H3,(H,41,46)(H,36,38,40). The maximum absolute atomic E-state index is 12.4. The normalized spacial score (nSPS) is 11.1. The number of amides is 1. The molecule has 0 fully saturated rings. The number of hydrogen-bond acceptors (Lipinski definition) is 11. The van der Waals surface area contributed by atoms with Crippen molar-refractivity contribution in [2.75, 3.05) is 62.2 Å². The molecule has 4 heterocycles. The number of halogens is 1. The van der Waals surface area contributed by atoms with Gasteiger partial charge in [-0.1, -0.05) is 18.2 Å². The Bertz CT molecular complexity index is 2110. The van der Waals surface area contributed by atoms with Crippen molar-refractivity contribution in [3.05, 3.63) is 91.3 Å². The van der Waals surface area contributed by atoms with Crippen LogP contribution in [0.5, 0.6) is 17.2 Å². The SMILES string of the molecule is C=CC(=O)Nc1cc(Nc2cc3c(Nc4ccc(Oc5ccn6ncnc6c5)c(Cl)c4)ncnn3c2)c(OC)cc1N(C)CCN(C)C. The minimum absolute atomic E-state index is 0.318. The Balaban J connectivity index is 1.24. The van der Waals surface area contributed by atoms with Gasteiger partial charge >= 0.3 is 0 Å². The predicted octanol–water partition coefficient (Wildman–Crippen LogP) is 5.84. The molecule has 0 aliphatic heterocycles. The van der Waals surface area contributed by atoms with Gasteiger partial charge in [0.2, 0.25) is 5.91 Å². The van der Waals surface area contributed by atoms with Gasteiger partial charge in [-0.3, -0.25) is 4.79 Å². The van der Waals surface area contributed by atoms with E-state index in [1.807, 2.05) is 51.6 Å². The lowest BCUT2D eigenvalue weighted by molar-refractivity contribution is -0.111. The molecule has 1 amide bonds. The number of nitrogens with one attached hydrogen (secondary N) is 3. The van der Waals surface area contributed by atoms with E-state index in [1.165, 1.54) is 18.7 Å². The Morgan fingerprint density at radius 2 is 1.75 bits per heavy atom. The first-order chi connectivity index (χ1) is 23.2. The molecule has 0 spiro atoms. The van der Waals surface area contributed by atoms with Crippen molar-refractivity contribution in [3.8, 4) is 17.2 Å². The van der Waals surface area contributed by atoms with E-state index in [1.54, 1.807) is 46.6 Å². The second-order valence-corrected chi connectivity index (χ2v) is 11.5. The Hall–Kier alpha value is -5.86. The Morgan fingerprint density at radius 1 is 0.938 bits per heavy atom. The average molecular weight is 668 g/mol. The fraction of sp³-hybridized carbons (Fsp3) is 0.182. The highest BCUT2D eigenvalue weighted by atomic mass is 35.5. The van der Waals surface area contributed by atoms with Crippen LogP contribution in [0.4, 0.5) is 34.3 Å². The molecule has 0 unspecified atom stereocenters. The molecule has 0 saturated carbocycles. The third kappa shape index (κ3) is 7.09. The van der Waals surface area contributed by atoms with Crippen molar-refractivity contribution in [2.24, 2.45) is 0 Å². The lowest BCUT2D eigenvalue weighted by Gasteiger charge is -2.26. The summed E-state index contributed by atoms with van der Waals surface area (Å²) in [5.74, 6) is 1.91. The molecule has 6 rings (SSSR count). The van der Waals surface area contributed by atoms with E-state index < -0.39 is 0 Å². The van der Waals surface area contributed by atoms with Crippen LogP contribution in [0.15, 0.2) is 86.2 Å². The number of pyridine rings is 1. The number of anilines is 6. The molecule has 0 atom stereocenters. The number of nitrogens with zero attached hydrogens (tertiary/aromatic N) is 8. The van der Waals surface area contributed by atoms with E-state index in [0.29, 0.717) is 56.3 Å². The van der Waals surface area contributed by atoms with E-state index >= 15 is 0 Å². The molecule has 0 radical (unpaired) electrons. The number of likely N-dealkylation sites (N-methyl/N-ethyl adjacent to an activating group) is 2. The molecular formula is C33H34ClN11O3. The van der Waals surface area contributed by atoms with Crippen molar-refractivity contribution >= 4 is 62.9 Å². The first-order valence-electron chi connectivity index (χ1n) is 14.9. The van der Waals surface area contributed by atoms with Gasteiger partial charge < -0.3 is 35.2 Å². The maximum Gasteiger partial charge on any atom is 0.247 e. The number of benzene rings is 2. The molecule has 2 aromatic carbocycles. The summed E-state index contributed by atoms with van der Waals surface area (Å²) in [6.07, 6.45) is 7.77. The Labute approximate surface area is 281 Å². The van der Waals surface area contributed by atoms with E-state index in [0.717, 1.165) is 24.5 Å². The summed E-state index contributed by atoms with van der Waals surface area (Å²) < 4.78 is 15.1. The number of hydrogen-bond donors (Lipinski definition) is 3. The van der Waals surface area contributed by atoms with Crippen LogP contribution < -0.4 is 30.3 Å². The number of carbonyl (C=O) groups is 1. The van der Waals surface area contributed by atoms with Gasteiger partial charge in [-0.05, 0) is 56.6 Å². The number of rotatable bonds is 13. The van der Waals surface area contributed by atoms with Crippen molar-refractivity contribution in [1.29, 1.82) is 0 Å². The Morgan fingerprint density at radius 3 is 2.52 bits per heavy atom. The molecule has 48 heavy (non-hydrogen) atoms. The summed E-state index contributed by atoms with van der Waals surface area (Å²) in [7, 11) is 7.60. The first kappa shape index (κ1) is 32.1. The van der Waals surface area contributed by atoms with Gasteiger partial charge in [0.25, 0.3) is 0 Å². The van der Waals surface area contributed by atoms with Crippen LogP contribution in [0, 0.1) is 0 Å². The number of methoxy groups -OCH3 is 1. The quantitative estimate of drug-likeness (QED) is 0.128. The molecule has 15 heteroatoms. The second-order valence-electron chi connectivity index (χ2n) is 11.1. The highest BCUT2D eigenvalue weighted by Gasteiger charge is 2.17. The van der Waals surface area contributed by atoms with Crippen LogP contribution >= 0.6 is 11.6 Å². The van der Waals surface area contributed by atoms with Crippen molar-refractivity contribution in [3.63, 3.8) is 0 Å². The fourth-order valence-corrected chi connectivity index (χ4v) is 5.16. The second kappa shape index (κ2) is 13.9. The zero-order chi connectivity index (χ0) is 33.8. The summed E-state index contributed by atoms with van der Waals surface area (Å²) in [6, 6.07) is 14.6. The van der Waals surface area contributed by atoms with Crippen LogP contribution in [-0.4, -0.2) is 81.3 Å². The van der Waals surface area contributed by atoms with E-state index in [9.17, 15) is 4.79 Å². The van der Waals surface area contributed by atoms with E-state index in [2.05, 4.69) is 52.5 Å². The molecule has 0 bridgehead atoms. The van der Waals surface area contributed by atoms with Crippen LogP contribution in [-0.2, 0) is 4.79 Å². The minimum atomic E-state index is -0.318. The van der Waals surface area contributed by atoms with Crippen LogP contribution in [0.1, 0.15) is 0 Å². The first-order valence-corrected chi connectivity index (χ1v) is 15.2. The fourth-order valence-electron chi connectivity index (χ4n) is 4.94. The molecule has 14 nitrogen and oxygen atoms in total. The summed E-state index contributed by atoms with van der Waals surface area (Å²) >= 11 is 6.60. The number of aromatic nitrogens is 6. The topological polar surface area (TPSA) is 138 Å². The lowest BCUT2D eigenvalue weighted by Crippen LogP contribution is -2.29. The van der Waals surface area contributed by atoms with Crippen molar-refractivity contribution < 1.29 is 14.3 Å². The number of fused-ring (bicyclic) bond motifs is 2. The lowest BCUT2D eigenvalue weighted by atomic mass is 10.2. The average Bonchev–Trinajstić information content (AvgIpc) is 3.72. The van der Waals surface area contributed by atoms with Gasteiger partial charge in [0.1, 0.15) is 35.4 Å². The molecule has 4 aromatic heterocycles. The third-order valence-corrected chi connectivity index (χ3v) is 7.71. The number of ether oxygens (including phenoxy) is 2. The van der Waals surface area contributed by atoms with Gasteiger partial charge in [-0.25, -0.2) is 19.0 Å². The molecule has 246 valence electrons. The highest BCUT2D eigenvalue weighted by Crippen LogP contribution is 2.39. The number of carbonyl (C=O) groups excluding carboxylic acids is 1. The van der Waals surface area contributed by atoms with Gasteiger partial charge in [-0.2, -0.15) is 10.2 Å². The van der Waals surface area contributed by atoms with E-state index in [4.69, 9.17) is 21.1 Å². The minimum Gasteiger partial charge on any atom is -0.494 e. The van der Waals surface area contributed by atoms with Gasteiger partial charge in [0, 0.05) is 44.2 Å². The zero-order valence-corrected chi connectivity index (χ0v) is 27.6.